The molecular weight excluding hydrogens is 236 g/mol. The van der Waals surface area contributed by atoms with Crippen LogP contribution in [0.3, 0.4) is 0 Å². The second-order valence-corrected chi connectivity index (χ2v) is 3.97. The Kier molecular flexibility index (Phi) is 2.51. The van der Waals surface area contributed by atoms with Gasteiger partial charge < -0.3 is 4.98 Å². The highest BCUT2D eigenvalue weighted by Crippen LogP contribution is 2.19. The number of nitrogens with zero attached hydrogens (tertiary/aromatic N) is 2. The number of aromatic amines is 1. The lowest BCUT2D eigenvalue weighted by Crippen LogP contribution is -1.90. The first-order valence-electron chi connectivity index (χ1n) is 5.45. The molecular formula is C13H9F2N3. The van der Waals surface area contributed by atoms with Gasteiger partial charge in [0, 0.05) is 18.8 Å². The topological polar surface area (TPSA) is 41.6 Å². The average Bonchev–Trinajstić information content (AvgIpc) is 2.79. The van der Waals surface area contributed by atoms with Crippen LogP contribution in [0.1, 0.15) is 11.4 Å². The molecule has 0 spiro atoms. The van der Waals surface area contributed by atoms with Crippen LogP contribution in [0.4, 0.5) is 8.78 Å². The molecule has 0 bridgehead atoms. The molecule has 2 aromatic heterocycles. The van der Waals surface area contributed by atoms with Crippen LogP contribution in [0.5, 0.6) is 0 Å². The SMILES string of the molecule is Fc1ccc2[nH]c(Cc3ccncc3)nc2c1F. The second-order valence-electron chi connectivity index (χ2n) is 3.97. The van der Waals surface area contributed by atoms with Crippen molar-refractivity contribution < 1.29 is 8.78 Å². The summed E-state index contributed by atoms with van der Waals surface area (Å²) in [6.07, 6.45) is 3.88. The molecule has 0 aliphatic carbocycles. The van der Waals surface area contributed by atoms with Crippen molar-refractivity contribution in [3.8, 4) is 0 Å². The van der Waals surface area contributed by atoms with E-state index >= 15 is 0 Å². The predicted octanol–water partition coefficient (Wildman–Crippen LogP) is 2.83. The first-order chi connectivity index (χ1) is 8.74. The molecule has 0 saturated heterocycles. The quantitative estimate of drug-likeness (QED) is 0.754. The van der Waals surface area contributed by atoms with Gasteiger partial charge in [0.1, 0.15) is 11.3 Å². The minimum Gasteiger partial charge on any atom is -0.342 e. The molecule has 0 aliphatic rings. The number of hydrogen-bond acceptors (Lipinski definition) is 2. The van der Waals surface area contributed by atoms with Gasteiger partial charge in [0.25, 0.3) is 0 Å². The van der Waals surface area contributed by atoms with Crippen LogP contribution >= 0.6 is 0 Å². The minimum absolute atomic E-state index is 0.0408. The van der Waals surface area contributed by atoms with Crippen LogP contribution in [-0.2, 0) is 6.42 Å². The largest absolute Gasteiger partial charge is 0.342 e. The third kappa shape index (κ3) is 1.84. The van der Waals surface area contributed by atoms with E-state index in [0.717, 1.165) is 11.6 Å². The van der Waals surface area contributed by atoms with E-state index in [1.54, 1.807) is 12.4 Å². The fourth-order valence-electron chi connectivity index (χ4n) is 1.85. The predicted molar refractivity (Wildman–Crippen MR) is 63.1 cm³/mol. The summed E-state index contributed by atoms with van der Waals surface area (Å²) in [6.45, 7) is 0. The van der Waals surface area contributed by atoms with E-state index in [0.29, 0.717) is 17.8 Å². The Balaban J connectivity index is 2.02. The molecule has 1 N–H and O–H groups in total. The lowest BCUT2D eigenvalue weighted by Gasteiger charge is -1.95. The van der Waals surface area contributed by atoms with Crippen molar-refractivity contribution in [2.45, 2.75) is 6.42 Å². The Morgan fingerprint density at radius 2 is 1.83 bits per heavy atom. The van der Waals surface area contributed by atoms with Crippen molar-refractivity contribution in [3.63, 3.8) is 0 Å². The van der Waals surface area contributed by atoms with Gasteiger partial charge in [-0.2, -0.15) is 0 Å². The summed E-state index contributed by atoms with van der Waals surface area (Å²) in [6, 6.07) is 6.27. The van der Waals surface area contributed by atoms with Crippen molar-refractivity contribution in [2.24, 2.45) is 0 Å². The van der Waals surface area contributed by atoms with E-state index < -0.39 is 11.6 Å². The molecule has 90 valence electrons. The summed E-state index contributed by atoms with van der Waals surface area (Å²) in [4.78, 5) is 11.0. The molecule has 0 fully saturated rings. The lowest BCUT2D eigenvalue weighted by atomic mass is 10.2. The van der Waals surface area contributed by atoms with Crippen LogP contribution in [0.15, 0.2) is 36.7 Å². The molecule has 3 rings (SSSR count). The molecule has 3 aromatic rings. The molecule has 0 unspecified atom stereocenters. The Labute approximate surface area is 102 Å². The monoisotopic (exact) mass is 245 g/mol. The third-order valence-electron chi connectivity index (χ3n) is 2.72. The van der Waals surface area contributed by atoms with Gasteiger partial charge in [-0.1, -0.05) is 0 Å². The van der Waals surface area contributed by atoms with Crippen LogP contribution in [-0.4, -0.2) is 15.0 Å². The first-order valence-corrected chi connectivity index (χ1v) is 5.45. The van der Waals surface area contributed by atoms with Crippen LogP contribution < -0.4 is 0 Å². The molecule has 1 aromatic carbocycles. The zero-order chi connectivity index (χ0) is 12.5. The maximum absolute atomic E-state index is 13.5. The molecule has 3 nitrogen and oxygen atoms in total. The minimum atomic E-state index is -0.912. The van der Waals surface area contributed by atoms with Gasteiger partial charge in [0.05, 0.1) is 5.52 Å². The van der Waals surface area contributed by atoms with Gasteiger partial charge in [-0.25, -0.2) is 13.8 Å². The van der Waals surface area contributed by atoms with Crippen LogP contribution in [0.2, 0.25) is 0 Å². The number of rotatable bonds is 2. The molecule has 18 heavy (non-hydrogen) atoms. The summed E-state index contributed by atoms with van der Waals surface area (Å²) in [5.41, 5.74) is 1.54. The first kappa shape index (κ1) is 10.8. The standard InChI is InChI=1S/C13H9F2N3/c14-9-1-2-10-13(12(9)15)18-11(17-10)7-8-3-5-16-6-4-8/h1-6H,7H2,(H,17,18). The van der Waals surface area contributed by atoms with Crippen LogP contribution in [0.25, 0.3) is 11.0 Å². The lowest BCUT2D eigenvalue weighted by molar-refractivity contribution is 0.515. The zero-order valence-electron chi connectivity index (χ0n) is 9.32. The summed E-state index contributed by atoms with van der Waals surface area (Å²) >= 11 is 0. The van der Waals surface area contributed by atoms with E-state index in [-0.39, 0.29) is 5.52 Å². The van der Waals surface area contributed by atoms with Gasteiger partial charge in [0.15, 0.2) is 11.6 Å². The number of benzene rings is 1. The smallest absolute Gasteiger partial charge is 0.186 e. The molecule has 0 aliphatic heterocycles. The summed E-state index contributed by atoms with van der Waals surface area (Å²) < 4.78 is 26.5. The van der Waals surface area contributed by atoms with E-state index in [2.05, 4.69) is 15.0 Å². The number of fused-ring (bicyclic) bond motifs is 1. The van der Waals surface area contributed by atoms with E-state index in [4.69, 9.17) is 0 Å². The number of H-pyrrole nitrogens is 1. The van der Waals surface area contributed by atoms with Gasteiger partial charge in [-0.3, -0.25) is 4.98 Å². The molecule has 2 heterocycles. The van der Waals surface area contributed by atoms with Gasteiger partial charge in [-0.15, -0.1) is 0 Å². The van der Waals surface area contributed by atoms with E-state index in [1.807, 2.05) is 12.1 Å². The van der Waals surface area contributed by atoms with E-state index in [9.17, 15) is 8.78 Å². The van der Waals surface area contributed by atoms with E-state index in [1.165, 1.54) is 6.07 Å². The second kappa shape index (κ2) is 4.18. The Bertz CT molecular complexity index is 692. The maximum atomic E-state index is 13.5. The summed E-state index contributed by atoms with van der Waals surface area (Å²) in [5.74, 6) is -1.20. The molecule has 5 heteroatoms. The van der Waals surface area contributed by atoms with Gasteiger partial charge >= 0.3 is 0 Å². The highest BCUT2D eigenvalue weighted by Gasteiger charge is 2.11. The normalized spacial score (nSPS) is 11.0. The molecule has 0 saturated carbocycles. The van der Waals surface area contributed by atoms with Crippen molar-refractivity contribution in [3.05, 3.63) is 59.7 Å². The number of imidazole rings is 1. The molecule has 0 amide bonds. The maximum Gasteiger partial charge on any atom is 0.186 e. The fourth-order valence-corrected chi connectivity index (χ4v) is 1.85. The number of pyridine rings is 1. The Morgan fingerprint density at radius 1 is 1.06 bits per heavy atom. The van der Waals surface area contributed by atoms with Crippen molar-refractivity contribution in [2.75, 3.05) is 0 Å². The summed E-state index contributed by atoms with van der Waals surface area (Å²) in [7, 11) is 0. The third-order valence-corrected chi connectivity index (χ3v) is 2.72. The fraction of sp³-hybridized carbons (Fsp3) is 0.0769. The highest BCUT2D eigenvalue weighted by atomic mass is 19.2. The molecule has 0 radical (unpaired) electrons. The van der Waals surface area contributed by atoms with Crippen molar-refractivity contribution in [1.29, 1.82) is 0 Å². The van der Waals surface area contributed by atoms with Crippen molar-refractivity contribution >= 4 is 11.0 Å². The summed E-state index contributed by atoms with van der Waals surface area (Å²) in [5, 5.41) is 0. The van der Waals surface area contributed by atoms with Crippen molar-refractivity contribution in [1.82, 2.24) is 15.0 Å². The molecule has 0 atom stereocenters. The number of hydrogen-bond donors (Lipinski definition) is 1. The Morgan fingerprint density at radius 3 is 2.61 bits per heavy atom. The number of nitrogens with one attached hydrogen (secondary N) is 1. The highest BCUT2D eigenvalue weighted by molar-refractivity contribution is 5.75. The Hall–Kier alpha value is -2.30. The van der Waals surface area contributed by atoms with Gasteiger partial charge in [-0.05, 0) is 29.8 Å². The van der Waals surface area contributed by atoms with Gasteiger partial charge in [0.2, 0.25) is 0 Å². The van der Waals surface area contributed by atoms with Crippen LogP contribution in [0, 0.1) is 11.6 Å². The zero-order valence-corrected chi connectivity index (χ0v) is 9.32. The average molecular weight is 245 g/mol. The number of halogens is 2. The number of aromatic nitrogens is 3.